The Kier molecular flexibility index (Phi) is 5.38. The fraction of sp³-hybridized carbons (Fsp3) is 0.471. The fourth-order valence-electron chi connectivity index (χ4n) is 2.63. The first kappa shape index (κ1) is 15.6. The van der Waals surface area contributed by atoms with E-state index in [1.807, 2.05) is 25.1 Å². The van der Waals surface area contributed by atoms with E-state index in [4.69, 9.17) is 5.73 Å². The maximum atomic E-state index is 12.4. The maximum absolute atomic E-state index is 12.4. The zero-order valence-electron chi connectivity index (χ0n) is 12.8. The molecule has 1 amide bonds. The summed E-state index contributed by atoms with van der Waals surface area (Å²) in [6.07, 6.45) is 1.14. The lowest BCUT2D eigenvalue weighted by Gasteiger charge is -2.12. The number of hydrogen-bond acceptors (Lipinski definition) is 3. The average molecular weight is 285 g/mol. The van der Waals surface area contributed by atoms with E-state index in [9.17, 15) is 4.79 Å². The zero-order valence-corrected chi connectivity index (χ0v) is 12.8. The summed E-state index contributed by atoms with van der Waals surface area (Å²) in [4.78, 5) is 14.6. The third-order valence-corrected chi connectivity index (χ3v) is 3.79. The van der Waals surface area contributed by atoms with Crippen molar-refractivity contribution in [2.24, 2.45) is 11.7 Å². The molecule has 1 aliphatic rings. The molecule has 1 heterocycles. The molecule has 0 spiro atoms. The summed E-state index contributed by atoms with van der Waals surface area (Å²) in [7, 11) is 2.11. The van der Waals surface area contributed by atoms with E-state index in [0.717, 1.165) is 37.2 Å². The van der Waals surface area contributed by atoms with Crippen LogP contribution in [0.5, 0.6) is 0 Å². The van der Waals surface area contributed by atoms with Gasteiger partial charge in [-0.2, -0.15) is 0 Å². The normalized spacial score (nSPS) is 18.1. The van der Waals surface area contributed by atoms with Crippen LogP contribution in [0.2, 0.25) is 0 Å². The van der Waals surface area contributed by atoms with Crippen molar-refractivity contribution in [2.75, 3.05) is 33.2 Å². The molecule has 1 fully saturated rings. The first-order valence-corrected chi connectivity index (χ1v) is 7.36. The van der Waals surface area contributed by atoms with Crippen molar-refractivity contribution < 1.29 is 4.79 Å². The lowest BCUT2D eigenvalue weighted by Crippen LogP contribution is -2.31. The first-order valence-electron chi connectivity index (χ1n) is 7.36. The molecule has 2 rings (SSSR count). The smallest absolute Gasteiger partial charge is 0.252 e. The van der Waals surface area contributed by atoms with E-state index >= 15 is 0 Å². The lowest BCUT2D eigenvalue weighted by atomic mass is 10.0. The molecule has 1 aliphatic heterocycles. The molecule has 3 N–H and O–H groups in total. The van der Waals surface area contributed by atoms with Crippen LogP contribution in [-0.2, 0) is 0 Å². The predicted molar refractivity (Wildman–Crippen MR) is 85.0 cm³/mol. The van der Waals surface area contributed by atoms with Crippen molar-refractivity contribution in [2.45, 2.75) is 13.3 Å². The Morgan fingerprint density at radius 2 is 2.33 bits per heavy atom. The molecular formula is C17H23N3O. The maximum Gasteiger partial charge on any atom is 0.252 e. The molecule has 0 radical (unpaired) electrons. The number of nitrogens with zero attached hydrogens (tertiary/aromatic N) is 1. The summed E-state index contributed by atoms with van der Waals surface area (Å²) in [6, 6.07) is 5.71. The van der Waals surface area contributed by atoms with Gasteiger partial charge in [0.2, 0.25) is 0 Å². The number of aryl methyl sites for hydroxylation is 1. The lowest BCUT2D eigenvalue weighted by molar-refractivity contribution is 0.0947. The number of hydrogen-bond donors (Lipinski definition) is 2. The Morgan fingerprint density at radius 1 is 1.52 bits per heavy atom. The van der Waals surface area contributed by atoms with Crippen molar-refractivity contribution in [3.05, 3.63) is 34.9 Å². The Hall–Kier alpha value is -1.83. The van der Waals surface area contributed by atoms with Gasteiger partial charge in [-0.25, -0.2) is 0 Å². The molecular weight excluding hydrogens is 262 g/mol. The second-order valence-electron chi connectivity index (χ2n) is 5.68. The molecule has 0 aliphatic carbocycles. The van der Waals surface area contributed by atoms with E-state index in [2.05, 4.69) is 29.1 Å². The van der Waals surface area contributed by atoms with Gasteiger partial charge in [0, 0.05) is 18.7 Å². The van der Waals surface area contributed by atoms with Gasteiger partial charge in [-0.05, 0) is 50.6 Å². The number of rotatable bonds is 3. The molecule has 0 bridgehead atoms. The highest BCUT2D eigenvalue weighted by atomic mass is 16.1. The van der Waals surface area contributed by atoms with Gasteiger partial charge >= 0.3 is 0 Å². The van der Waals surface area contributed by atoms with Crippen LogP contribution in [0.25, 0.3) is 0 Å². The monoisotopic (exact) mass is 285 g/mol. The van der Waals surface area contributed by atoms with E-state index in [1.54, 1.807) is 0 Å². The molecule has 1 aromatic carbocycles. The van der Waals surface area contributed by atoms with Crippen LogP contribution in [0.4, 0.5) is 0 Å². The van der Waals surface area contributed by atoms with Crippen LogP contribution >= 0.6 is 0 Å². The summed E-state index contributed by atoms with van der Waals surface area (Å²) in [5.74, 6) is 6.30. The molecule has 112 valence electrons. The van der Waals surface area contributed by atoms with Gasteiger partial charge in [0.15, 0.2) is 0 Å². The average Bonchev–Trinajstić information content (AvgIpc) is 2.88. The predicted octanol–water partition coefficient (Wildman–Crippen LogP) is 0.987. The number of benzene rings is 1. The van der Waals surface area contributed by atoms with Crippen molar-refractivity contribution in [1.29, 1.82) is 0 Å². The standard InChI is InChI=1S/C17H23N3O/c1-13-5-6-16(15(10-13)4-3-8-18)17(21)19-11-14-7-9-20(2)12-14/h5-6,10,14H,7-9,11-12,18H2,1-2H3,(H,19,21). The van der Waals surface area contributed by atoms with Crippen LogP contribution < -0.4 is 11.1 Å². The second kappa shape index (κ2) is 7.26. The van der Waals surface area contributed by atoms with Gasteiger partial charge in [0.1, 0.15) is 0 Å². The summed E-state index contributed by atoms with van der Waals surface area (Å²) in [5.41, 5.74) is 7.89. The number of nitrogens with two attached hydrogens (primary N) is 1. The van der Waals surface area contributed by atoms with Crippen LogP contribution in [0.3, 0.4) is 0 Å². The molecule has 1 unspecified atom stereocenters. The molecule has 1 aromatic rings. The molecule has 4 nitrogen and oxygen atoms in total. The van der Waals surface area contributed by atoms with E-state index in [0.29, 0.717) is 18.0 Å². The quantitative estimate of drug-likeness (QED) is 0.814. The van der Waals surface area contributed by atoms with Crippen molar-refractivity contribution in [3.8, 4) is 11.8 Å². The third kappa shape index (κ3) is 4.32. The van der Waals surface area contributed by atoms with Crippen LogP contribution in [0.15, 0.2) is 18.2 Å². The molecule has 4 heteroatoms. The largest absolute Gasteiger partial charge is 0.352 e. The van der Waals surface area contributed by atoms with Gasteiger partial charge in [0.25, 0.3) is 5.91 Å². The Bertz CT molecular complexity index is 571. The minimum atomic E-state index is -0.0501. The Labute approximate surface area is 126 Å². The van der Waals surface area contributed by atoms with Crippen molar-refractivity contribution in [1.82, 2.24) is 10.2 Å². The second-order valence-corrected chi connectivity index (χ2v) is 5.68. The molecule has 1 saturated heterocycles. The molecule has 0 saturated carbocycles. The zero-order chi connectivity index (χ0) is 15.2. The minimum Gasteiger partial charge on any atom is -0.352 e. The fourth-order valence-corrected chi connectivity index (χ4v) is 2.63. The van der Waals surface area contributed by atoms with E-state index in [1.165, 1.54) is 0 Å². The van der Waals surface area contributed by atoms with Crippen LogP contribution in [-0.4, -0.2) is 44.0 Å². The van der Waals surface area contributed by atoms with Crippen molar-refractivity contribution in [3.63, 3.8) is 0 Å². The van der Waals surface area contributed by atoms with Crippen LogP contribution in [0, 0.1) is 24.7 Å². The van der Waals surface area contributed by atoms with Gasteiger partial charge < -0.3 is 16.0 Å². The van der Waals surface area contributed by atoms with E-state index in [-0.39, 0.29) is 5.91 Å². The Morgan fingerprint density at radius 3 is 3.00 bits per heavy atom. The summed E-state index contributed by atoms with van der Waals surface area (Å²) < 4.78 is 0. The number of carbonyl (C=O) groups is 1. The number of nitrogens with one attached hydrogen (secondary N) is 1. The molecule has 21 heavy (non-hydrogen) atoms. The van der Waals surface area contributed by atoms with Crippen molar-refractivity contribution >= 4 is 5.91 Å². The summed E-state index contributed by atoms with van der Waals surface area (Å²) >= 11 is 0. The number of amides is 1. The highest BCUT2D eigenvalue weighted by molar-refractivity contribution is 5.96. The summed E-state index contributed by atoms with van der Waals surface area (Å²) in [6.45, 7) is 5.17. The topological polar surface area (TPSA) is 58.4 Å². The third-order valence-electron chi connectivity index (χ3n) is 3.79. The highest BCUT2D eigenvalue weighted by Gasteiger charge is 2.20. The highest BCUT2D eigenvalue weighted by Crippen LogP contribution is 2.14. The molecule has 0 aromatic heterocycles. The molecule has 1 atom stereocenters. The van der Waals surface area contributed by atoms with Gasteiger partial charge in [-0.15, -0.1) is 0 Å². The first-order chi connectivity index (χ1) is 10.1. The number of likely N-dealkylation sites (tertiary alicyclic amines) is 1. The van der Waals surface area contributed by atoms with Crippen LogP contribution in [0.1, 0.15) is 27.9 Å². The van der Waals surface area contributed by atoms with E-state index < -0.39 is 0 Å². The van der Waals surface area contributed by atoms with Gasteiger partial charge in [0.05, 0.1) is 12.1 Å². The number of carbonyl (C=O) groups excluding carboxylic acids is 1. The minimum absolute atomic E-state index is 0.0501. The van der Waals surface area contributed by atoms with Gasteiger partial charge in [-0.3, -0.25) is 4.79 Å². The van der Waals surface area contributed by atoms with Gasteiger partial charge in [-0.1, -0.05) is 17.9 Å². The SMILES string of the molecule is Cc1ccc(C(=O)NCC2CCN(C)C2)c(C#CCN)c1. The Balaban J connectivity index is 2.04. The summed E-state index contributed by atoms with van der Waals surface area (Å²) in [5, 5.41) is 3.03.